The van der Waals surface area contributed by atoms with Crippen LogP contribution in [0.4, 0.5) is 0 Å². The number of ether oxygens (including phenoxy) is 1. The molecule has 0 spiro atoms. The van der Waals surface area contributed by atoms with E-state index >= 15 is 0 Å². The van der Waals surface area contributed by atoms with Gasteiger partial charge in [-0.1, -0.05) is 6.92 Å². The van der Waals surface area contributed by atoms with E-state index in [4.69, 9.17) is 4.74 Å². The smallest absolute Gasteiger partial charge is 0.246 e. The first-order valence-electron chi connectivity index (χ1n) is 6.75. The van der Waals surface area contributed by atoms with E-state index < -0.39 is 0 Å². The van der Waals surface area contributed by atoms with Crippen molar-refractivity contribution in [1.29, 1.82) is 0 Å². The van der Waals surface area contributed by atoms with Gasteiger partial charge in [-0.3, -0.25) is 19.8 Å². The Morgan fingerprint density at radius 1 is 1.50 bits per heavy atom. The van der Waals surface area contributed by atoms with Crippen molar-refractivity contribution in [3.63, 3.8) is 0 Å². The molecule has 1 N–H and O–H groups in total. The van der Waals surface area contributed by atoms with E-state index in [1.165, 1.54) is 4.90 Å². The Morgan fingerprint density at radius 3 is 2.89 bits per heavy atom. The Hall–Kier alpha value is -0.940. The van der Waals surface area contributed by atoms with Crippen molar-refractivity contribution in [2.45, 2.75) is 51.1 Å². The molecule has 0 aromatic heterocycles. The maximum Gasteiger partial charge on any atom is 0.246 e. The summed E-state index contributed by atoms with van der Waals surface area (Å²) in [5.74, 6) is -0.131. The first kappa shape index (κ1) is 13.5. The number of carbonyl (C=O) groups excluding carboxylic acids is 2. The third kappa shape index (κ3) is 2.72. The van der Waals surface area contributed by atoms with Gasteiger partial charge in [-0.15, -0.1) is 0 Å². The number of imide groups is 1. The summed E-state index contributed by atoms with van der Waals surface area (Å²) in [6, 6.07) is -0.365. The largest absolute Gasteiger partial charge is 0.380 e. The minimum Gasteiger partial charge on any atom is -0.380 e. The summed E-state index contributed by atoms with van der Waals surface area (Å²) in [5.41, 5.74) is -0.179. The minimum atomic E-state index is -0.365. The Kier molecular flexibility index (Phi) is 4.02. The Labute approximate surface area is 108 Å². The molecule has 2 rings (SSSR count). The van der Waals surface area contributed by atoms with Crippen LogP contribution in [0.3, 0.4) is 0 Å². The number of likely N-dealkylation sites (tertiary alicyclic amines) is 1. The first-order valence-corrected chi connectivity index (χ1v) is 6.75. The number of rotatable bonds is 4. The average Bonchev–Trinajstić information content (AvgIpc) is 2.58. The van der Waals surface area contributed by atoms with Gasteiger partial charge in [-0.25, -0.2) is 0 Å². The van der Waals surface area contributed by atoms with Crippen LogP contribution in [0.2, 0.25) is 0 Å². The number of hydrogen-bond acceptors (Lipinski definition) is 4. The first-order chi connectivity index (χ1) is 8.56. The van der Waals surface area contributed by atoms with Crippen LogP contribution < -0.4 is 5.32 Å². The van der Waals surface area contributed by atoms with E-state index in [1.54, 1.807) is 0 Å². The third-order valence-corrected chi connectivity index (χ3v) is 3.65. The lowest BCUT2D eigenvalue weighted by Gasteiger charge is -2.36. The summed E-state index contributed by atoms with van der Waals surface area (Å²) >= 11 is 0. The van der Waals surface area contributed by atoms with Gasteiger partial charge in [-0.05, 0) is 26.2 Å². The second kappa shape index (κ2) is 5.36. The Bertz CT molecular complexity index is 337. The summed E-state index contributed by atoms with van der Waals surface area (Å²) in [6.07, 6.45) is 3.08. The molecule has 0 radical (unpaired) electrons. The number of hydrogen-bond donors (Lipinski definition) is 1. The lowest BCUT2D eigenvalue weighted by Crippen LogP contribution is -2.55. The SMILES string of the molecule is CCCN1C(=O)CC(NC2(C)CCCOC2)C1=O. The summed E-state index contributed by atoms with van der Waals surface area (Å²) in [7, 11) is 0. The lowest BCUT2D eigenvalue weighted by molar-refractivity contribution is -0.139. The second-order valence-corrected chi connectivity index (χ2v) is 5.50. The number of nitrogens with one attached hydrogen (secondary N) is 1. The van der Waals surface area contributed by atoms with Crippen molar-refractivity contribution >= 4 is 11.8 Å². The molecular weight excluding hydrogens is 232 g/mol. The van der Waals surface area contributed by atoms with E-state index in [1.807, 2.05) is 6.92 Å². The predicted octanol–water partition coefficient (Wildman–Crippen LogP) is 0.683. The molecule has 0 bridgehead atoms. The zero-order valence-electron chi connectivity index (χ0n) is 11.2. The molecule has 2 aliphatic heterocycles. The van der Waals surface area contributed by atoms with Crippen molar-refractivity contribution in [3.05, 3.63) is 0 Å². The number of carbonyl (C=O) groups is 2. The number of amides is 2. The summed E-state index contributed by atoms with van der Waals surface area (Å²) in [5, 5.41) is 3.33. The monoisotopic (exact) mass is 254 g/mol. The highest BCUT2D eigenvalue weighted by atomic mass is 16.5. The van der Waals surface area contributed by atoms with Gasteiger partial charge >= 0.3 is 0 Å². The quantitative estimate of drug-likeness (QED) is 0.750. The molecule has 2 aliphatic rings. The summed E-state index contributed by atoms with van der Waals surface area (Å²) < 4.78 is 5.46. The van der Waals surface area contributed by atoms with Crippen LogP contribution in [0.1, 0.15) is 39.5 Å². The van der Waals surface area contributed by atoms with Crippen molar-refractivity contribution in [2.24, 2.45) is 0 Å². The van der Waals surface area contributed by atoms with Gasteiger partial charge in [0.15, 0.2) is 0 Å². The zero-order chi connectivity index (χ0) is 13.2. The maximum atomic E-state index is 12.1. The zero-order valence-corrected chi connectivity index (χ0v) is 11.2. The van der Waals surface area contributed by atoms with Gasteiger partial charge in [0, 0.05) is 18.7 Å². The van der Waals surface area contributed by atoms with E-state index in [2.05, 4.69) is 12.2 Å². The lowest BCUT2D eigenvalue weighted by atomic mass is 9.93. The van der Waals surface area contributed by atoms with Crippen LogP contribution in [0.25, 0.3) is 0 Å². The molecule has 2 unspecified atom stereocenters. The van der Waals surface area contributed by atoms with E-state index in [-0.39, 0.29) is 29.8 Å². The van der Waals surface area contributed by atoms with Crippen LogP contribution >= 0.6 is 0 Å². The molecule has 0 aromatic rings. The van der Waals surface area contributed by atoms with E-state index in [0.717, 1.165) is 25.9 Å². The molecule has 102 valence electrons. The van der Waals surface area contributed by atoms with Gasteiger partial charge in [-0.2, -0.15) is 0 Å². The second-order valence-electron chi connectivity index (χ2n) is 5.50. The number of nitrogens with zero attached hydrogens (tertiary/aromatic N) is 1. The maximum absolute atomic E-state index is 12.1. The van der Waals surface area contributed by atoms with Crippen molar-refractivity contribution in [2.75, 3.05) is 19.8 Å². The molecule has 5 nitrogen and oxygen atoms in total. The van der Waals surface area contributed by atoms with Crippen LogP contribution in [-0.4, -0.2) is 48.1 Å². The predicted molar refractivity (Wildman–Crippen MR) is 67.0 cm³/mol. The topological polar surface area (TPSA) is 58.6 Å². The molecule has 18 heavy (non-hydrogen) atoms. The summed E-state index contributed by atoms with van der Waals surface area (Å²) in [6.45, 7) is 5.96. The highest BCUT2D eigenvalue weighted by Crippen LogP contribution is 2.22. The third-order valence-electron chi connectivity index (χ3n) is 3.65. The molecule has 0 aliphatic carbocycles. The molecular formula is C13H22N2O3. The molecule has 2 amide bonds. The fraction of sp³-hybridized carbons (Fsp3) is 0.846. The molecule has 2 heterocycles. The standard InChI is InChI=1S/C13H22N2O3/c1-3-6-15-11(16)8-10(12(15)17)14-13(2)5-4-7-18-9-13/h10,14H,3-9H2,1-2H3. The molecule has 2 saturated heterocycles. The van der Waals surface area contributed by atoms with Crippen molar-refractivity contribution < 1.29 is 14.3 Å². The fourth-order valence-corrected chi connectivity index (χ4v) is 2.72. The molecule has 5 heteroatoms. The molecule has 2 atom stereocenters. The Morgan fingerprint density at radius 2 is 2.28 bits per heavy atom. The highest BCUT2D eigenvalue weighted by molar-refractivity contribution is 6.05. The van der Waals surface area contributed by atoms with Gasteiger partial charge < -0.3 is 4.74 Å². The van der Waals surface area contributed by atoms with Crippen LogP contribution in [0, 0.1) is 0 Å². The van der Waals surface area contributed by atoms with Gasteiger partial charge in [0.2, 0.25) is 11.8 Å². The highest BCUT2D eigenvalue weighted by Gasteiger charge is 2.41. The fourth-order valence-electron chi connectivity index (χ4n) is 2.72. The normalized spacial score (nSPS) is 33.2. The van der Waals surface area contributed by atoms with Gasteiger partial charge in [0.05, 0.1) is 19.1 Å². The average molecular weight is 254 g/mol. The molecule has 0 saturated carbocycles. The van der Waals surface area contributed by atoms with Gasteiger partial charge in [0.1, 0.15) is 0 Å². The van der Waals surface area contributed by atoms with Crippen LogP contribution in [-0.2, 0) is 14.3 Å². The van der Waals surface area contributed by atoms with Crippen LogP contribution in [0.5, 0.6) is 0 Å². The van der Waals surface area contributed by atoms with Gasteiger partial charge in [0.25, 0.3) is 0 Å². The minimum absolute atomic E-state index is 0.0559. The van der Waals surface area contributed by atoms with E-state index in [0.29, 0.717) is 13.2 Å². The van der Waals surface area contributed by atoms with E-state index in [9.17, 15) is 9.59 Å². The Balaban J connectivity index is 1.98. The van der Waals surface area contributed by atoms with Crippen LogP contribution in [0.15, 0.2) is 0 Å². The summed E-state index contributed by atoms with van der Waals surface area (Å²) in [4.78, 5) is 25.3. The molecule has 0 aromatic carbocycles. The molecule has 2 fully saturated rings. The van der Waals surface area contributed by atoms with Crippen molar-refractivity contribution in [1.82, 2.24) is 10.2 Å². The van der Waals surface area contributed by atoms with Crippen molar-refractivity contribution in [3.8, 4) is 0 Å².